The van der Waals surface area contributed by atoms with E-state index in [2.05, 4.69) is 5.32 Å². The van der Waals surface area contributed by atoms with Gasteiger partial charge in [0.15, 0.2) is 0 Å². The minimum Gasteiger partial charge on any atom is -0.497 e. The number of nitrogens with zero attached hydrogens (tertiary/aromatic N) is 1. The Kier molecular flexibility index (Phi) is 8.88. The van der Waals surface area contributed by atoms with Crippen molar-refractivity contribution in [2.45, 2.75) is 13.5 Å². The van der Waals surface area contributed by atoms with Gasteiger partial charge in [-0.15, -0.1) is 0 Å². The Morgan fingerprint density at radius 1 is 1.09 bits per heavy atom. The van der Waals surface area contributed by atoms with Crippen LogP contribution in [-0.4, -0.2) is 25.6 Å². The average Bonchev–Trinajstić information content (AvgIpc) is 2.87. The van der Waals surface area contributed by atoms with Crippen LogP contribution in [0.5, 0.6) is 11.5 Å². The Hall–Kier alpha value is -4.28. The van der Waals surface area contributed by atoms with Crippen LogP contribution in [0.2, 0.25) is 5.02 Å². The lowest BCUT2D eigenvalue weighted by Gasteiger charge is -2.12. The van der Waals surface area contributed by atoms with E-state index in [-0.39, 0.29) is 18.8 Å². The molecule has 0 atom stereocenters. The lowest BCUT2D eigenvalue weighted by atomic mass is 10.1. The molecule has 0 aliphatic heterocycles. The molecule has 0 unspecified atom stereocenters. The van der Waals surface area contributed by atoms with Gasteiger partial charge >= 0.3 is 5.97 Å². The SMILES string of the molecule is CCOC(=O)c1ccc(NC(=O)/C(C#N)=C/c2ccc(OC)cc2OCc2ccccc2Cl)cc1. The molecule has 7 nitrogen and oxygen atoms in total. The summed E-state index contributed by atoms with van der Waals surface area (Å²) >= 11 is 6.22. The highest BCUT2D eigenvalue weighted by molar-refractivity contribution is 6.31. The number of methoxy groups -OCH3 is 1. The molecule has 3 aromatic rings. The number of nitriles is 1. The molecule has 0 aliphatic rings. The molecule has 0 heterocycles. The molecule has 8 heteroatoms. The lowest BCUT2D eigenvalue weighted by Crippen LogP contribution is -2.14. The fraction of sp³-hybridized carbons (Fsp3) is 0.148. The van der Waals surface area contributed by atoms with Crippen LogP contribution in [0.15, 0.2) is 72.3 Å². The van der Waals surface area contributed by atoms with Gasteiger partial charge in [0.2, 0.25) is 0 Å². The van der Waals surface area contributed by atoms with Gasteiger partial charge in [-0.25, -0.2) is 4.79 Å². The molecule has 0 radical (unpaired) electrons. The zero-order chi connectivity index (χ0) is 25.2. The third-order valence-electron chi connectivity index (χ3n) is 4.88. The Labute approximate surface area is 208 Å². The lowest BCUT2D eigenvalue weighted by molar-refractivity contribution is -0.112. The van der Waals surface area contributed by atoms with Crippen molar-refractivity contribution >= 4 is 35.2 Å². The van der Waals surface area contributed by atoms with Crippen molar-refractivity contribution in [2.24, 2.45) is 0 Å². The zero-order valence-electron chi connectivity index (χ0n) is 19.2. The van der Waals surface area contributed by atoms with E-state index in [1.165, 1.54) is 25.3 Å². The van der Waals surface area contributed by atoms with Crippen molar-refractivity contribution in [3.05, 3.63) is 94.0 Å². The molecule has 1 N–H and O–H groups in total. The molecule has 0 saturated heterocycles. The first-order valence-electron chi connectivity index (χ1n) is 10.7. The summed E-state index contributed by atoms with van der Waals surface area (Å²) in [7, 11) is 1.53. The number of hydrogen-bond acceptors (Lipinski definition) is 6. The van der Waals surface area contributed by atoms with Crippen LogP contribution < -0.4 is 14.8 Å². The molecular formula is C27H23ClN2O5. The molecule has 1 amide bonds. The number of rotatable bonds is 9. The van der Waals surface area contributed by atoms with Crippen LogP contribution in [-0.2, 0) is 16.1 Å². The number of benzene rings is 3. The molecule has 0 bridgehead atoms. The molecule has 35 heavy (non-hydrogen) atoms. The topological polar surface area (TPSA) is 97.7 Å². The minimum absolute atomic E-state index is 0.132. The summed E-state index contributed by atoms with van der Waals surface area (Å²) < 4.78 is 16.2. The van der Waals surface area contributed by atoms with E-state index < -0.39 is 11.9 Å². The first kappa shape index (κ1) is 25.3. The van der Waals surface area contributed by atoms with Crippen LogP contribution in [0.4, 0.5) is 5.69 Å². The molecule has 178 valence electrons. The third-order valence-corrected chi connectivity index (χ3v) is 5.25. The summed E-state index contributed by atoms with van der Waals surface area (Å²) in [5.41, 5.74) is 1.96. The summed E-state index contributed by atoms with van der Waals surface area (Å²) in [5, 5.41) is 12.8. The van der Waals surface area contributed by atoms with E-state index in [1.54, 1.807) is 43.3 Å². The molecule has 0 fully saturated rings. The standard InChI is InChI=1S/C27H23ClN2O5/c1-3-34-27(32)18-8-11-22(12-9-18)30-26(31)21(16-29)14-19-10-13-23(33-2)15-25(19)35-17-20-6-4-5-7-24(20)28/h4-15H,3,17H2,1-2H3,(H,30,31)/b21-14+. The van der Waals surface area contributed by atoms with Crippen molar-refractivity contribution in [3.63, 3.8) is 0 Å². The molecule has 3 rings (SSSR count). The van der Waals surface area contributed by atoms with Crippen molar-refractivity contribution < 1.29 is 23.8 Å². The van der Waals surface area contributed by atoms with Gasteiger partial charge in [0.1, 0.15) is 29.7 Å². The Morgan fingerprint density at radius 2 is 1.83 bits per heavy atom. The van der Waals surface area contributed by atoms with Crippen LogP contribution in [0.1, 0.15) is 28.4 Å². The summed E-state index contributed by atoms with van der Waals surface area (Å²) in [5.74, 6) is -0.0827. The quantitative estimate of drug-likeness (QED) is 0.236. The van der Waals surface area contributed by atoms with Crippen LogP contribution in [0, 0.1) is 11.3 Å². The Morgan fingerprint density at radius 3 is 2.49 bits per heavy atom. The van der Waals surface area contributed by atoms with Gasteiger partial charge in [0.05, 0.1) is 19.3 Å². The Balaban J connectivity index is 1.80. The molecular weight excluding hydrogens is 468 g/mol. The number of ether oxygens (including phenoxy) is 3. The largest absolute Gasteiger partial charge is 0.497 e. The maximum Gasteiger partial charge on any atom is 0.338 e. The Bertz CT molecular complexity index is 1280. The normalized spacial score (nSPS) is 10.7. The van der Waals surface area contributed by atoms with E-state index >= 15 is 0 Å². The fourth-order valence-electron chi connectivity index (χ4n) is 3.06. The van der Waals surface area contributed by atoms with Gasteiger partial charge in [-0.1, -0.05) is 29.8 Å². The predicted octanol–water partition coefficient (Wildman–Crippen LogP) is 5.65. The third kappa shape index (κ3) is 6.85. The number of carbonyl (C=O) groups excluding carboxylic acids is 2. The molecule has 0 spiro atoms. The van der Waals surface area contributed by atoms with Gasteiger partial charge in [-0.2, -0.15) is 5.26 Å². The van der Waals surface area contributed by atoms with Crippen molar-refractivity contribution in [2.75, 3.05) is 19.0 Å². The number of anilines is 1. The van der Waals surface area contributed by atoms with E-state index in [0.717, 1.165) is 5.56 Å². The number of esters is 1. The van der Waals surface area contributed by atoms with E-state index in [1.807, 2.05) is 24.3 Å². The number of halogens is 1. The van der Waals surface area contributed by atoms with Gasteiger partial charge in [0.25, 0.3) is 5.91 Å². The summed E-state index contributed by atoms with van der Waals surface area (Å²) in [6.07, 6.45) is 1.43. The second kappa shape index (κ2) is 12.3. The average molecular weight is 491 g/mol. The van der Waals surface area contributed by atoms with Gasteiger partial charge < -0.3 is 19.5 Å². The summed E-state index contributed by atoms with van der Waals surface area (Å²) in [6.45, 7) is 2.18. The van der Waals surface area contributed by atoms with Crippen LogP contribution in [0.25, 0.3) is 6.08 Å². The molecule has 3 aromatic carbocycles. The van der Waals surface area contributed by atoms with Crippen molar-refractivity contribution in [1.82, 2.24) is 0 Å². The fourth-order valence-corrected chi connectivity index (χ4v) is 3.25. The maximum absolute atomic E-state index is 12.8. The van der Waals surface area contributed by atoms with Crippen LogP contribution in [0.3, 0.4) is 0 Å². The zero-order valence-corrected chi connectivity index (χ0v) is 20.0. The minimum atomic E-state index is -0.607. The van der Waals surface area contributed by atoms with E-state index in [4.69, 9.17) is 25.8 Å². The van der Waals surface area contributed by atoms with Crippen LogP contribution >= 0.6 is 11.6 Å². The summed E-state index contributed by atoms with van der Waals surface area (Å²) in [6, 6.07) is 20.5. The smallest absolute Gasteiger partial charge is 0.338 e. The van der Waals surface area contributed by atoms with Gasteiger partial charge in [-0.3, -0.25) is 4.79 Å². The molecule has 0 aromatic heterocycles. The van der Waals surface area contributed by atoms with Crippen molar-refractivity contribution in [3.8, 4) is 17.6 Å². The second-order valence-electron chi connectivity index (χ2n) is 7.21. The van der Waals surface area contributed by atoms with E-state index in [9.17, 15) is 14.9 Å². The highest BCUT2D eigenvalue weighted by Gasteiger charge is 2.14. The number of amides is 1. The van der Waals surface area contributed by atoms with E-state index in [0.29, 0.717) is 33.3 Å². The highest BCUT2D eigenvalue weighted by Crippen LogP contribution is 2.29. The first-order chi connectivity index (χ1) is 16.9. The molecule has 0 aliphatic carbocycles. The second-order valence-corrected chi connectivity index (χ2v) is 7.61. The molecule has 0 saturated carbocycles. The van der Waals surface area contributed by atoms with Crippen molar-refractivity contribution in [1.29, 1.82) is 5.26 Å². The monoisotopic (exact) mass is 490 g/mol. The van der Waals surface area contributed by atoms with Gasteiger partial charge in [0, 0.05) is 27.9 Å². The van der Waals surface area contributed by atoms with Gasteiger partial charge in [-0.05, 0) is 55.5 Å². The predicted molar refractivity (Wildman–Crippen MR) is 133 cm³/mol. The number of carbonyl (C=O) groups is 2. The first-order valence-corrected chi connectivity index (χ1v) is 11.1. The highest BCUT2D eigenvalue weighted by atomic mass is 35.5. The number of hydrogen-bond donors (Lipinski definition) is 1. The maximum atomic E-state index is 12.8. The summed E-state index contributed by atoms with van der Waals surface area (Å²) in [4.78, 5) is 24.5. The number of nitrogens with one attached hydrogen (secondary N) is 1.